The van der Waals surface area contributed by atoms with Gasteiger partial charge in [-0.25, -0.2) is 14.2 Å². The van der Waals surface area contributed by atoms with Crippen molar-refractivity contribution in [2.45, 2.75) is 12.8 Å². The summed E-state index contributed by atoms with van der Waals surface area (Å²) in [6.07, 6.45) is 0.498. The lowest BCUT2D eigenvalue weighted by molar-refractivity contribution is -0.137. The number of fused-ring (bicyclic) bond motifs is 1. The van der Waals surface area contributed by atoms with E-state index in [-0.39, 0.29) is 16.8 Å². The molecular weight excluding hydrogens is 342 g/mol. The second-order valence-corrected chi connectivity index (χ2v) is 5.50. The zero-order valence-electron chi connectivity index (χ0n) is 14.2. The number of nitrogens with one attached hydrogen (secondary N) is 1. The predicted molar refractivity (Wildman–Crippen MR) is 87.5 cm³/mol. The third kappa shape index (κ3) is 2.63. The van der Waals surface area contributed by atoms with Gasteiger partial charge in [-0.05, 0) is 28.9 Å². The maximum Gasteiger partial charge on any atom is 0.336 e. The smallest absolute Gasteiger partial charge is 0.336 e. The van der Waals surface area contributed by atoms with E-state index >= 15 is 0 Å². The van der Waals surface area contributed by atoms with Crippen LogP contribution in [0.4, 0.5) is 0 Å². The van der Waals surface area contributed by atoms with Crippen LogP contribution in [-0.2, 0) is 23.9 Å². The molecule has 2 aromatic rings. The van der Waals surface area contributed by atoms with Crippen LogP contribution in [0.3, 0.4) is 0 Å². The van der Waals surface area contributed by atoms with Gasteiger partial charge in [0.15, 0.2) is 6.29 Å². The number of aldehydes is 1. The minimum absolute atomic E-state index is 0.000426. The third-order valence-corrected chi connectivity index (χ3v) is 4.15. The number of hydrogen-bond acceptors (Lipinski definition) is 9. The molecule has 9 heteroatoms. The molecule has 26 heavy (non-hydrogen) atoms. The molecule has 3 rings (SSSR count). The number of benzene rings is 1. The van der Waals surface area contributed by atoms with Crippen LogP contribution < -0.4 is 5.32 Å². The summed E-state index contributed by atoms with van der Waals surface area (Å²) in [5.74, 6) is -2.35. The molecule has 0 bridgehead atoms. The number of nitrogens with zero attached hydrogens (tertiary/aromatic N) is 2. The van der Waals surface area contributed by atoms with Crippen LogP contribution >= 0.6 is 0 Å². The lowest BCUT2D eigenvalue weighted by Crippen LogP contribution is -2.33. The van der Waals surface area contributed by atoms with Crippen molar-refractivity contribution in [3.63, 3.8) is 0 Å². The number of ether oxygens (including phenoxy) is 2. The summed E-state index contributed by atoms with van der Waals surface area (Å²) < 4.78 is 14.5. The van der Waals surface area contributed by atoms with Crippen molar-refractivity contribution in [2.24, 2.45) is 0 Å². The van der Waals surface area contributed by atoms with Gasteiger partial charge in [-0.3, -0.25) is 4.79 Å². The second-order valence-electron chi connectivity index (χ2n) is 5.50. The van der Waals surface area contributed by atoms with Gasteiger partial charge in [-0.15, -0.1) is 0 Å². The van der Waals surface area contributed by atoms with E-state index in [9.17, 15) is 14.4 Å². The quantitative estimate of drug-likeness (QED) is 0.630. The molecule has 0 saturated carbocycles. The van der Waals surface area contributed by atoms with Gasteiger partial charge in [0, 0.05) is 5.70 Å². The Bertz CT molecular complexity index is 972. The first kappa shape index (κ1) is 17.3. The number of hydrogen-bond donors (Lipinski definition) is 1. The summed E-state index contributed by atoms with van der Waals surface area (Å²) in [6, 6.07) is 5.03. The van der Waals surface area contributed by atoms with Crippen molar-refractivity contribution >= 4 is 29.3 Å². The monoisotopic (exact) mass is 357 g/mol. The Labute approximate surface area is 147 Å². The lowest BCUT2D eigenvalue weighted by Gasteiger charge is -2.29. The lowest BCUT2D eigenvalue weighted by atomic mass is 9.80. The van der Waals surface area contributed by atoms with Crippen molar-refractivity contribution in [3.05, 3.63) is 46.3 Å². The molecule has 0 spiro atoms. The van der Waals surface area contributed by atoms with Crippen LogP contribution in [0.15, 0.2) is 45.4 Å². The Kier molecular flexibility index (Phi) is 4.53. The Balaban J connectivity index is 2.35. The summed E-state index contributed by atoms with van der Waals surface area (Å²) in [4.78, 5) is 36.4. The van der Waals surface area contributed by atoms with E-state index in [1.807, 2.05) is 0 Å². The highest BCUT2D eigenvalue weighted by Crippen LogP contribution is 2.40. The average molecular weight is 357 g/mol. The summed E-state index contributed by atoms with van der Waals surface area (Å²) >= 11 is 0. The number of carbonyl (C=O) groups excluding carboxylic acids is 3. The van der Waals surface area contributed by atoms with Crippen molar-refractivity contribution in [3.8, 4) is 0 Å². The molecular formula is C17H15N3O6. The van der Waals surface area contributed by atoms with Crippen molar-refractivity contribution in [2.75, 3.05) is 14.2 Å². The number of carbonyl (C=O) groups is 3. The molecule has 0 fully saturated rings. The van der Waals surface area contributed by atoms with E-state index in [1.165, 1.54) is 14.2 Å². The summed E-state index contributed by atoms with van der Waals surface area (Å²) in [6.45, 7) is 1.61. The van der Waals surface area contributed by atoms with E-state index in [1.54, 1.807) is 25.1 Å². The maximum absolute atomic E-state index is 12.4. The highest BCUT2D eigenvalue weighted by Gasteiger charge is 2.39. The van der Waals surface area contributed by atoms with Gasteiger partial charge in [0.2, 0.25) is 0 Å². The molecule has 1 aromatic carbocycles. The minimum Gasteiger partial charge on any atom is -0.466 e. The SMILES string of the molecule is COC(=O)C1=C(C)NC(C=O)=C(C(=O)OC)C1c1cccc2nonc12. The summed E-state index contributed by atoms with van der Waals surface area (Å²) in [5, 5.41) is 10.4. The van der Waals surface area contributed by atoms with Gasteiger partial charge < -0.3 is 14.8 Å². The number of aromatic nitrogens is 2. The Hall–Kier alpha value is -3.49. The number of esters is 2. The van der Waals surface area contributed by atoms with Crippen LogP contribution in [0.5, 0.6) is 0 Å². The molecule has 1 aliphatic heterocycles. The van der Waals surface area contributed by atoms with Crippen LogP contribution in [-0.4, -0.2) is 42.8 Å². The van der Waals surface area contributed by atoms with Crippen molar-refractivity contribution in [1.29, 1.82) is 0 Å². The highest BCUT2D eigenvalue weighted by atomic mass is 16.6. The molecule has 2 heterocycles. The standard InChI is InChI=1S/C17H15N3O6/c1-8-12(16(22)24-2)13(14(17(23)25-3)11(7-21)18-8)9-5-4-6-10-15(9)20-26-19-10/h4-7,13,18H,1-3H3. The largest absolute Gasteiger partial charge is 0.466 e. The third-order valence-electron chi connectivity index (χ3n) is 4.15. The van der Waals surface area contributed by atoms with Gasteiger partial charge in [0.1, 0.15) is 11.0 Å². The molecule has 134 valence electrons. The fourth-order valence-electron chi connectivity index (χ4n) is 3.04. The topological polar surface area (TPSA) is 121 Å². The minimum atomic E-state index is -0.938. The molecule has 9 nitrogen and oxygen atoms in total. The molecule has 1 atom stereocenters. The number of allylic oxidation sites excluding steroid dienone is 2. The second kappa shape index (κ2) is 6.79. The van der Waals surface area contributed by atoms with Crippen LogP contribution in [0.1, 0.15) is 18.4 Å². The zero-order valence-corrected chi connectivity index (χ0v) is 14.2. The molecule has 0 saturated heterocycles. The van der Waals surface area contributed by atoms with Gasteiger partial charge in [0.25, 0.3) is 0 Å². The van der Waals surface area contributed by atoms with Gasteiger partial charge in [-0.2, -0.15) is 0 Å². The van der Waals surface area contributed by atoms with E-state index in [0.717, 1.165) is 0 Å². The van der Waals surface area contributed by atoms with Crippen LogP contribution in [0.25, 0.3) is 11.0 Å². The fourth-order valence-corrected chi connectivity index (χ4v) is 3.04. The first-order chi connectivity index (χ1) is 12.5. The molecule has 0 amide bonds. The Morgan fingerprint density at radius 2 is 1.85 bits per heavy atom. The zero-order chi connectivity index (χ0) is 18.8. The van der Waals surface area contributed by atoms with E-state index < -0.39 is 17.9 Å². The van der Waals surface area contributed by atoms with E-state index in [0.29, 0.717) is 28.6 Å². The number of methoxy groups -OCH3 is 2. The van der Waals surface area contributed by atoms with E-state index in [4.69, 9.17) is 14.1 Å². The average Bonchev–Trinajstić information content (AvgIpc) is 3.14. The molecule has 1 N–H and O–H groups in total. The molecule has 1 unspecified atom stereocenters. The summed E-state index contributed by atoms with van der Waals surface area (Å²) in [7, 11) is 2.42. The van der Waals surface area contributed by atoms with Crippen LogP contribution in [0, 0.1) is 0 Å². The molecule has 1 aromatic heterocycles. The van der Waals surface area contributed by atoms with E-state index in [2.05, 4.69) is 15.6 Å². The Morgan fingerprint density at radius 1 is 1.15 bits per heavy atom. The Morgan fingerprint density at radius 3 is 2.50 bits per heavy atom. The molecule has 0 aliphatic carbocycles. The normalized spacial score (nSPS) is 17.1. The fraction of sp³-hybridized carbons (Fsp3) is 0.235. The molecule has 1 aliphatic rings. The summed E-state index contributed by atoms with van der Waals surface area (Å²) in [5.41, 5.74) is 1.79. The number of rotatable bonds is 4. The number of dihydropyridines is 1. The predicted octanol–water partition coefficient (Wildman–Crippen LogP) is 0.983. The maximum atomic E-state index is 12.4. The van der Waals surface area contributed by atoms with Crippen molar-refractivity contribution < 1.29 is 28.5 Å². The van der Waals surface area contributed by atoms with Gasteiger partial charge >= 0.3 is 11.9 Å². The first-order valence-corrected chi connectivity index (χ1v) is 7.58. The first-order valence-electron chi connectivity index (χ1n) is 7.58. The van der Waals surface area contributed by atoms with Gasteiger partial charge in [-0.1, -0.05) is 12.1 Å². The highest BCUT2D eigenvalue weighted by molar-refractivity contribution is 6.04. The van der Waals surface area contributed by atoms with Gasteiger partial charge in [0.05, 0.1) is 37.0 Å². The molecule has 0 radical (unpaired) electrons. The van der Waals surface area contributed by atoms with Crippen molar-refractivity contribution in [1.82, 2.24) is 15.6 Å². The van der Waals surface area contributed by atoms with Crippen LogP contribution in [0.2, 0.25) is 0 Å².